The van der Waals surface area contributed by atoms with E-state index in [4.69, 9.17) is 4.74 Å². The largest absolute Gasteiger partial charge is 0.442 e. The molecule has 1 unspecified atom stereocenters. The fourth-order valence-corrected chi connectivity index (χ4v) is 1.44. The summed E-state index contributed by atoms with van der Waals surface area (Å²) in [5, 5.41) is 5.96. The second-order valence-corrected chi connectivity index (χ2v) is 5.14. The second kappa shape index (κ2) is 3.77. The molecule has 4 heteroatoms. The fraction of sp³-hybridized carbons (Fsp3) is 0.900. The standard InChI is InChI=1S/C10H20N2O2/c1-9(2,3)12-8(13)14-10(4)5-6-11-7-10/h11H,5-7H2,1-4H3,(H,12,13). The molecule has 0 spiro atoms. The molecule has 0 aromatic rings. The minimum atomic E-state index is -0.338. The van der Waals surface area contributed by atoms with Gasteiger partial charge in [0.2, 0.25) is 0 Å². The summed E-state index contributed by atoms with van der Waals surface area (Å²) in [4.78, 5) is 11.5. The summed E-state index contributed by atoms with van der Waals surface area (Å²) in [7, 11) is 0. The average Bonchev–Trinajstić information content (AvgIpc) is 2.30. The van der Waals surface area contributed by atoms with Gasteiger partial charge in [0.25, 0.3) is 0 Å². The van der Waals surface area contributed by atoms with Crippen molar-refractivity contribution in [3.05, 3.63) is 0 Å². The number of amides is 1. The maximum Gasteiger partial charge on any atom is 0.408 e. The van der Waals surface area contributed by atoms with Gasteiger partial charge in [0.15, 0.2) is 0 Å². The molecular weight excluding hydrogens is 180 g/mol. The summed E-state index contributed by atoms with van der Waals surface area (Å²) in [5.41, 5.74) is -0.575. The van der Waals surface area contributed by atoms with E-state index >= 15 is 0 Å². The SMILES string of the molecule is CC(C)(C)NC(=O)OC1(C)CCNC1. The van der Waals surface area contributed by atoms with Gasteiger partial charge in [-0.25, -0.2) is 4.79 Å². The Bertz CT molecular complexity index is 215. The predicted molar refractivity (Wildman–Crippen MR) is 55.3 cm³/mol. The summed E-state index contributed by atoms with van der Waals surface area (Å²) in [6.45, 7) is 9.41. The summed E-state index contributed by atoms with van der Waals surface area (Å²) in [6.07, 6.45) is 0.550. The highest BCUT2D eigenvalue weighted by Crippen LogP contribution is 2.19. The summed E-state index contributed by atoms with van der Waals surface area (Å²) >= 11 is 0. The van der Waals surface area contributed by atoms with Crippen LogP contribution in [-0.4, -0.2) is 30.3 Å². The van der Waals surface area contributed by atoms with Crippen LogP contribution in [0, 0.1) is 0 Å². The van der Waals surface area contributed by atoms with Gasteiger partial charge >= 0.3 is 6.09 Å². The van der Waals surface area contributed by atoms with Gasteiger partial charge in [0, 0.05) is 18.5 Å². The van der Waals surface area contributed by atoms with Gasteiger partial charge in [-0.3, -0.25) is 0 Å². The molecule has 1 fully saturated rings. The van der Waals surface area contributed by atoms with Crippen LogP contribution in [-0.2, 0) is 4.74 Å². The number of rotatable bonds is 1. The van der Waals surface area contributed by atoms with Crippen molar-refractivity contribution in [2.24, 2.45) is 0 Å². The summed E-state index contributed by atoms with van der Waals surface area (Å²) in [6, 6.07) is 0. The molecule has 0 aliphatic carbocycles. The van der Waals surface area contributed by atoms with E-state index in [-0.39, 0.29) is 17.2 Å². The Kier molecular flexibility index (Phi) is 3.04. The van der Waals surface area contributed by atoms with Crippen molar-refractivity contribution in [1.29, 1.82) is 0 Å². The van der Waals surface area contributed by atoms with E-state index in [2.05, 4.69) is 10.6 Å². The quantitative estimate of drug-likeness (QED) is 0.670. The smallest absolute Gasteiger partial charge is 0.408 e. The van der Waals surface area contributed by atoms with Crippen LogP contribution in [0.4, 0.5) is 4.79 Å². The van der Waals surface area contributed by atoms with Crippen LogP contribution < -0.4 is 10.6 Å². The maximum atomic E-state index is 11.5. The monoisotopic (exact) mass is 200 g/mol. The number of nitrogens with one attached hydrogen (secondary N) is 2. The van der Waals surface area contributed by atoms with Crippen molar-refractivity contribution in [2.45, 2.75) is 45.3 Å². The average molecular weight is 200 g/mol. The van der Waals surface area contributed by atoms with Gasteiger partial charge in [-0.2, -0.15) is 0 Å². The zero-order valence-electron chi connectivity index (χ0n) is 9.44. The molecule has 1 aliphatic rings. The third kappa shape index (κ3) is 3.54. The Hall–Kier alpha value is -0.770. The molecular formula is C10H20N2O2. The lowest BCUT2D eigenvalue weighted by Crippen LogP contribution is -2.45. The molecule has 82 valence electrons. The molecule has 14 heavy (non-hydrogen) atoms. The predicted octanol–water partition coefficient (Wildman–Crippen LogP) is 1.26. The molecule has 1 aliphatic heterocycles. The Morgan fingerprint density at radius 3 is 2.57 bits per heavy atom. The molecule has 0 aromatic carbocycles. The van der Waals surface area contributed by atoms with Crippen LogP contribution in [0.3, 0.4) is 0 Å². The molecule has 0 bridgehead atoms. The van der Waals surface area contributed by atoms with Gasteiger partial charge in [0.1, 0.15) is 5.60 Å². The Balaban J connectivity index is 2.40. The first-order valence-electron chi connectivity index (χ1n) is 5.03. The number of hydrogen-bond donors (Lipinski definition) is 2. The van der Waals surface area contributed by atoms with Crippen molar-refractivity contribution in [1.82, 2.24) is 10.6 Å². The fourth-order valence-electron chi connectivity index (χ4n) is 1.44. The Morgan fingerprint density at radius 2 is 2.14 bits per heavy atom. The van der Waals surface area contributed by atoms with Gasteiger partial charge < -0.3 is 15.4 Å². The maximum absolute atomic E-state index is 11.5. The number of alkyl carbamates (subject to hydrolysis) is 1. The zero-order chi connectivity index (χ0) is 10.8. The molecule has 1 heterocycles. The van der Waals surface area contributed by atoms with Crippen molar-refractivity contribution in [3.63, 3.8) is 0 Å². The first-order chi connectivity index (χ1) is 6.31. The minimum Gasteiger partial charge on any atom is -0.442 e. The lowest BCUT2D eigenvalue weighted by Gasteiger charge is -2.27. The third-order valence-electron chi connectivity index (χ3n) is 2.15. The Morgan fingerprint density at radius 1 is 1.50 bits per heavy atom. The van der Waals surface area contributed by atoms with Gasteiger partial charge in [0.05, 0.1) is 0 Å². The molecule has 0 aromatic heterocycles. The molecule has 1 atom stereocenters. The molecule has 0 radical (unpaired) electrons. The minimum absolute atomic E-state index is 0.237. The highest BCUT2D eigenvalue weighted by molar-refractivity contribution is 5.68. The van der Waals surface area contributed by atoms with E-state index in [9.17, 15) is 4.79 Å². The van der Waals surface area contributed by atoms with Crippen molar-refractivity contribution in [3.8, 4) is 0 Å². The molecule has 2 N–H and O–H groups in total. The number of carbonyl (C=O) groups excluding carboxylic acids is 1. The second-order valence-electron chi connectivity index (χ2n) is 5.14. The van der Waals surface area contributed by atoms with Gasteiger partial charge in [-0.05, 0) is 34.2 Å². The van der Waals surface area contributed by atoms with Crippen LogP contribution in [0.15, 0.2) is 0 Å². The van der Waals surface area contributed by atoms with Crippen LogP contribution in [0.1, 0.15) is 34.1 Å². The zero-order valence-corrected chi connectivity index (χ0v) is 9.44. The summed E-state index contributed by atoms with van der Waals surface area (Å²) < 4.78 is 5.36. The lowest BCUT2D eigenvalue weighted by molar-refractivity contribution is 0.0358. The number of ether oxygens (including phenoxy) is 1. The first-order valence-corrected chi connectivity index (χ1v) is 5.03. The third-order valence-corrected chi connectivity index (χ3v) is 2.15. The van der Waals surface area contributed by atoms with Crippen LogP contribution >= 0.6 is 0 Å². The van der Waals surface area contributed by atoms with E-state index in [0.717, 1.165) is 19.5 Å². The van der Waals surface area contributed by atoms with E-state index < -0.39 is 0 Å². The van der Waals surface area contributed by atoms with Gasteiger partial charge in [-0.1, -0.05) is 0 Å². The van der Waals surface area contributed by atoms with E-state index in [1.165, 1.54) is 0 Å². The van der Waals surface area contributed by atoms with E-state index in [1.54, 1.807) is 0 Å². The van der Waals surface area contributed by atoms with E-state index in [0.29, 0.717) is 0 Å². The molecule has 1 amide bonds. The highest BCUT2D eigenvalue weighted by atomic mass is 16.6. The van der Waals surface area contributed by atoms with E-state index in [1.807, 2.05) is 27.7 Å². The molecule has 1 saturated heterocycles. The Labute approximate surface area is 85.4 Å². The van der Waals surface area contributed by atoms with Crippen molar-refractivity contribution in [2.75, 3.05) is 13.1 Å². The number of hydrogen-bond acceptors (Lipinski definition) is 3. The lowest BCUT2D eigenvalue weighted by atomic mass is 10.1. The molecule has 1 rings (SSSR count). The molecule has 0 saturated carbocycles. The van der Waals surface area contributed by atoms with Crippen LogP contribution in [0.2, 0.25) is 0 Å². The van der Waals surface area contributed by atoms with Crippen LogP contribution in [0.25, 0.3) is 0 Å². The normalized spacial score (nSPS) is 27.4. The van der Waals surface area contributed by atoms with Crippen molar-refractivity contribution >= 4 is 6.09 Å². The highest BCUT2D eigenvalue weighted by Gasteiger charge is 2.33. The van der Waals surface area contributed by atoms with Gasteiger partial charge in [-0.15, -0.1) is 0 Å². The van der Waals surface area contributed by atoms with Crippen LogP contribution in [0.5, 0.6) is 0 Å². The number of carbonyl (C=O) groups is 1. The summed E-state index contributed by atoms with van der Waals surface area (Å²) in [5.74, 6) is 0. The molecule has 4 nitrogen and oxygen atoms in total. The van der Waals surface area contributed by atoms with Crippen molar-refractivity contribution < 1.29 is 9.53 Å². The first kappa shape index (κ1) is 11.3. The topological polar surface area (TPSA) is 50.4 Å².